The first-order valence-corrected chi connectivity index (χ1v) is 6.49. The van der Waals surface area contributed by atoms with Gasteiger partial charge in [-0.3, -0.25) is 0 Å². The molecule has 5 heteroatoms. The SMILES string of the molecule is CCCC(Cc1nc(N(CC)CC)no1)NC. The maximum absolute atomic E-state index is 5.29. The van der Waals surface area contributed by atoms with Gasteiger partial charge in [0.15, 0.2) is 0 Å². The van der Waals surface area contributed by atoms with Gasteiger partial charge in [0, 0.05) is 25.6 Å². The zero-order valence-electron chi connectivity index (χ0n) is 11.4. The summed E-state index contributed by atoms with van der Waals surface area (Å²) in [5, 5.41) is 7.29. The van der Waals surface area contributed by atoms with Gasteiger partial charge in [0.25, 0.3) is 5.95 Å². The number of hydrogen-bond acceptors (Lipinski definition) is 5. The molecule has 98 valence electrons. The molecule has 0 fully saturated rings. The van der Waals surface area contributed by atoms with Crippen molar-refractivity contribution in [3.63, 3.8) is 0 Å². The van der Waals surface area contributed by atoms with Gasteiger partial charge in [0.05, 0.1) is 0 Å². The molecule has 1 aromatic heterocycles. The minimum atomic E-state index is 0.421. The maximum atomic E-state index is 5.29. The third-order valence-corrected chi connectivity index (χ3v) is 2.97. The molecular formula is C12H24N4O. The first-order valence-electron chi connectivity index (χ1n) is 6.49. The van der Waals surface area contributed by atoms with Gasteiger partial charge in [-0.2, -0.15) is 4.98 Å². The predicted octanol–water partition coefficient (Wildman–Crippen LogP) is 1.85. The highest BCUT2D eigenvalue weighted by Gasteiger charge is 2.14. The van der Waals surface area contributed by atoms with Crippen LogP contribution in [0.1, 0.15) is 39.5 Å². The molecule has 0 aromatic carbocycles. The van der Waals surface area contributed by atoms with Gasteiger partial charge in [-0.25, -0.2) is 0 Å². The first-order chi connectivity index (χ1) is 8.24. The van der Waals surface area contributed by atoms with Crippen LogP contribution in [0.15, 0.2) is 4.52 Å². The normalized spacial score (nSPS) is 12.7. The monoisotopic (exact) mass is 240 g/mol. The van der Waals surface area contributed by atoms with Crippen molar-refractivity contribution >= 4 is 5.95 Å². The molecule has 0 aliphatic rings. The molecule has 0 radical (unpaired) electrons. The van der Waals surface area contributed by atoms with E-state index in [4.69, 9.17) is 4.52 Å². The van der Waals surface area contributed by atoms with E-state index in [0.717, 1.165) is 38.2 Å². The van der Waals surface area contributed by atoms with E-state index in [1.807, 2.05) is 7.05 Å². The van der Waals surface area contributed by atoms with Gasteiger partial charge in [0.2, 0.25) is 5.89 Å². The van der Waals surface area contributed by atoms with E-state index in [1.54, 1.807) is 0 Å². The molecule has 1 rings (SSSR count). The molecule has 0 spiro atoms. The average Bonchev–Trinajstić information content (AvgIpc) is 2.79. The molecule has 0 aliphatic heterocycles. The van der Waals surface area contributed by atoms with Crippen LogP contribution in [0.4, 0.5) is 5.95 Å². The van der Waals surface area contributed by atoms with Crippen molar-refractivity contribution in [1.29, 1.82) is 0 Å². The second-order valence-corrected chi connectivity index (χ2v) is 4.14. The van der Waals surface area contributed by atoms with Crippen LogP contribution in [0.25, 0.3) is 0 Å². The summed E-state index contributed by atoms with van der Waals surface area (Å²) in [5.74, 6) is 1.43. The molecule has 0 saturated carbocycles. The second-order valence-electron chi connectivity index (χ2n) is 4.14. The quantitative estimate of drug-likeness (QED) is 0.751. The molecule has 1 heterocycles. The molecule has 0 amide bonds. The fourth-order valence-corrected chi connectivity index (χ4v) is 1.87. The van der Waals surface area contributed by atoms with Crippen LogP contribution in [0.5, 0.6) is 0 Å². The molecule has 5 nitrogen and oxygen atoms in total. The molecular weight excluding hydrogens is 216 g/mol. The number of nitrogens with one attached hydrogen (secondary N) is 1. The van der Waals surface area contributed by atoms with Crippen molar-refractivity contribution in [2.75, 3.05) is 25.0 Å². The number of hydrogen-bond donors (Lipinski definition) is 1. The van der Waals surface area contributed by atoms with Gasteiger partial charge in [-0.05, 0) is 32.5 Å². The molecule has 1 atom stereocenters. The third-order valence-electron chi connectivity index (χ3n) is 2.97. The summed E-state index contributed by atoms with van der Waals surface area (Å²) in [6.45, 7) is 8.17. The lowest BCUT2D eigenvalue weighted by Crippen LogP contribution is -2.27. The summed E-state index contributed by atoms with van der Waals surface area (Å²) in [5.41, 5.74) is 0. The number of rotatable bonds is 8. The van der Waals surface area contributed by atoms with Gasteiger partial charge < -0.3 is 14.7 Å². The Hall–Kier alpha value is -1.10. The smallest absolute Gasteiger partial charge is 0.266 e. The minimum Gasteiger partial charge on any atom is -0.339 e. The lowest BCUT2D eigenvalue weighted by Gasteiger charge is -2.14. The molecule has 1 N–H and O–H groups in total. The summed E-state index contributed by atoms with van der Waals surface area (Å²) in [4.78, 5) is 6.51. The standard InChI is InChI=1S/C12H24N4O/c1-5-8-10(13-4)9-11-14-12(15-17-11)16(6-2)7-3/h10,13H,5-9H2,1-4H3. The highest BCUT2D eigenvalue weighted by molar-refractivity contribution is 5.26. The largest absolute Gasteiger partial charge is 0.339 e. The van der Waals surface area contributed by atoms with Crippen LogP contribution in [0.2, 0.25) is 0 Å². The van der Waals surface area contributed by atoms with Crippen LogP contribution in [0.3, 0.4) is 0 Å². The number of anilines is 1. The van der Waals surface area contributed by atoms with Gasteiger partial charge in [-0.1, -0.05) is 13.3 Å². The molecule has 0 bridgehead atoms. The molecule has 0 saturated heterocycles. The van der Waals surface area contributed by atoms with E-state index < -0.39 is 0 Å². The Morgan fingerprint density at radius 2 is 2.00 bits per heavy atom. The Morgan fingerprint density at radius 3 is 2.53 bits per heavy atom. The molecule has 1 unspecified atom stereocenters. The van der Waals surface area contributed by atoms with Crippen molar-refractivity contribution < 1.29 is 4.52 Å². The zero-order valence-corrected chi connectivity index (χ0v) is 11.4. The summed E-state index contributed by atoms with van der Waals surface area (Å²) >= 11 is 0. The molecule has 0 aliphatic carbocycles. The van der Waals surface area contributed by atoms with Gasteiger partial charge >= 0.3 is 0 Å². The van der Waals surface area contributed by atoms with Crippen molar-refractivity contribution in [2.24, 2.45) is 0 Å². The second kappa shape index (κ2) is 7.27. The van der Waals surface area contributed by atoms with Crippen molar-refractivity contribution in [1.82, 2.24) is 15.5 Å². The summed E-state index contributed by atoms with van der Waals surface area (Å²) in [7, 11) is 1.97. The van der Waals surface area contributed by atoms with E-state index in [0.29, 0.717) is 12.0 Å². The topological polar surface area (TPSA) is 54.2 Å². The Bertz CT molecular complexity index is 309. The van der Waals surface area contributed by atoms with Gasteiger partial charge in [0.1, 0.15) is 0 Å². The van der Waals surface area contributed by atoms with E-state index in [9.17, 15) is 0 Å². The maximum Gasteiger partial charge on any atom is 0.266 e. The number of likely N-dealkylation sites (N-methyl/N-ethyl adjacent to an activating group) is 1. The summed E-state index contributed by atoms with van der Waals surface area (Å²) < 4.78 is 5.29. The summed E-state index contributed by atoms with van der Waals surface area (Å²) in [6, 6.07) is 0.421. The third kappa shape index (κ3) is 4.00. The predicted molar refractivity (Wildman–Crippen MR) is 69.3 cm³/mol. The zero-order chi connectivity index (χ0) is 12.7. The Morgan fingerprint density at radius 1 is 1.29 bits per heavy atom. The molecule has 1 aromatic rings. The number of nitrogens with zero attached hydrogens (tertiary/aromatic N) is 3. The Labute approximate surface area is 104 Å². The highest BCUT2D eigenvalue weighted by Crippen LogP contribution is 2.11. The van der Waals surface area contributed by atoms with Crippen LogP contribution in [0, 0.1) is 0 Å². The Balaban J connectivity index is 2.60. The summed E-state index contributed by atoms with van der Waals surface area (Å²) in [6.07, 6.45) is 3.08. The lowest BCUT2D eigenvalue weighted by molar-refractivity contribution is 0.355. The van der Waals surface area contributed by atoms with Crippen LogP contribution in [-0.4, -0.2) is 36.3 Å². The van der Waals surface area contributed by atoms with E-state index >= 15 is 0 Å². The molecule has 17 heavy (non-hydrogen) atoms. The van der Waals surface area contributed by atoms with Crippen LogP contribution in [-0.2, 0) is 6.42 Å². The lowest BCUT2D eigenvalue weighted by atomic mass is 10.1. The van der Waals surface area contributed by atoms with E-state index in [1.165, 1.54) is 0 Å². The van der Waals surface area contributed by atoms with Crippen molar-refractivity contribution in [3.05, 3.63) is 5.89 Å². The fourth-order valence-electron chi connectivity index (χ4n) is 1.87. The van der Waals surface area contributed by atoms with Crippen LogP contribution < -0.4 is 10.2 Å². The fraction of sp³-hybridized carbons (Fsp3) is 0.833. The Kier molecular flexibility index (Phi) is 5.97. The minimum absolute atomic E-state index is 0.421. The van der Waals surface area contributed by atoms with E-state index in [2.05, 4.69) is 41.1 Å². The van der Waals surface area contributed by atoms with E-state index in [-0.39, 0.29) is 0 Å². The van der Waals surface area contributed by atoms with Gasteiger partial charge in [-0.15, -0.1) is 0 Å². The van der Waals surface area contributed by atoms with Crippen molar-refractivity contribution in [3.8, 4) is 0 Å². The van der Waals surface area contributed by atoms with Crippen LogP contribution >= 0.6 is 0 Å². The van der Waals surface area contributed by atoms with Crippen molar-refractivity contribution in [2.45, 2.75) is 46.1 Å². The number of aromatic nitrogens is 2. The highest BCUT2D eigenvalue weighted by atomic mass is 16.5. The first kappa shape index (κ1) is 14.0. The average molecular weight is 240 g/mol.